The number of hydrogen-bond donors (Lipinski definition) is 0. The molecule has 30 heavy (non-hydrogen) atoms. The molecule has 0 N–H and O–H groups in total. The Labute approximate surface area is 210 Å². The maximum Gasteiger partial charge on any atom is 0 e. The molecule has 0 aliphatic heterocycles. The van der Waals surface area contributed by atoms with Crippen molar-refractivity contribution in [2.24, 2.45) is 5.41 Å². The molecule has 0 heterocycles. The van der Waals surface area contributed by atoms with E-state index in [2.05, 4.69) is 63.2 Å². The van der Waals surface area contributed by atoms with Crippen LogP contribution in [0.15, 0.2) is 66.7 Å². The summed E-state index contributed by atoms with van der Waals surface area (Å²) in [4.78, 5) is 0. The quantitative estimate of drug-likeness (QED) is 0.187. The fraction of sp³-hybridized carbons (Fsp3) is 0.172. The molecule has 3 aromatic rings. The number of benzene rings is 2. The van der Waals surface area contributed by atoms with E-state index in [0.717, 1.165) is 6.42 Å². The van der Waals surface area contributed by atoms with Gasteiger partial charge >= 0.3 is 0 Å². The van der Waals surface area contributed by atoms with Crippen LogP contribution in [0.2, 0.25) is 0 Å². The zero-order valence-corrected chi connectivity index (χ0v) is 24.7. The minimum Gasteiger partial charge on any atom is -0.358 e. The molecule has 1 aliphatic carbocycles. The Kier molecular flexibility index (Phi) is 26.2. The van der Waals surface area contributed by atoms with Gasteiger partial charge in [-0.15, -0.1) is 12.0 Å². The van der Waals surface area contributed by atoms with Crippen molar-refractivity contribution in [3.63, 3.8) is 0 Å². The summed E-state index contributed by atoms with van der Waals surface area (Å²) in [5.74, 6) is 0. The van der Waals surface area contributed by atoms with E-state index in [1.54, 1.807) is 0 Å². The predicted molar refractivity (Wildman–Crippen MR) is 141 cm³/mol. The van der Waals surface area contributed by atoms with Crippen LogP contribution in [0.25, 0.3) is 16.3 Å². The molecule has 0 nitrogen and oxygen atoms in total. The number of hydrogen-bond acceptors (Lipinski definition) is 0. The molecule has 0 bridgehead atoms. The summed E-state index contributed by atoms with van der Waals surface area (Å²) in [5.41, 5.74) is 4.41. The summed E-state index contributed by atoms with van der Waals surface area (Å²) in [6.45, 7) is 6.81. The summed E-state index contributed by atoms with van der Waals surface area (Å²) in [6.07, 6.45) is 4.54. The Balaban J connectivity index is -0.0000000997. The SMILES string of the molecule is CC(C)(C)C1=[C-]Cc2ccc3ccccc3c21.[CH3-].[CH3-].[CH3-].[CH3-].[CH3-].[CH3-].[CH3-].[Hf].c1cc[cH-]c1. The molecular formula is C29H43Hf-9. The van der Waals surface area contributed by atoms with Crippen LogP contribution in [0.5, 0.6) is 0 Å². The Hall–Kier alpha value is -1.34. The van der Waals surface area contributed by atoms with Gasteiger partial charge in [-0.2, -0.15) is 23.8 Å². The molecular weight excluding hydrogens is 527 g/mol. The van der Waals surface area contributed by atoms with E-state index in [9.17, 15) is 0 Å². The van der Waals surface area contributed by atoms with E-state index < -0.39 is 0 Å². The average Bonchev–Trinajstić information content (AvgIpc) is 3.19. The van der Waals surface area contributed by atoms with E-state index >= 15 is 0 Å². The Bertz CT molecular complexity index is 770. The third-order valence-corrected chi connectivity index (χ3v) is 4.03. The first-order valence-corrected chi connectivity index (χ1v) is 7.86. The van der Waals surface area contributed by atoms with Crippen molar-refractivity contribution in [1.29, 1.82) is 0 Å². The Morgan fingerprint density at radius 2 is 1.27 bits per heavy atom. The molecule has 3 aromatic carbocycles. The van der Waals surface area contributed by atoms with Gasteiger partial charge in [-0.25, -0.2) is 17.7 Å². The van der Waals surface area contributed by atoms with Crippen LogP contribution < -0.4 is 0 Å². The minimum atomic E-state index is 0. The van der Waals surface area contributed by atoms with E-state index in [1.807, 2.05) is 30.3 Å². The molecule has 0 saturated carbocycles. The van der Waals surface area contributed by atoms with E-state index in [4.69, 9.17) is 0 Å². The van der Waals surface area contributed by atoms with Gasteiger partial charge < -0.3 is 52.0 Å². The van der Waals surface area contributed by atoms with Crippen molar-refractivity contribution in [2.75, 3.05) is 0 Å². The normalized spacial score (nSPS) is 9.77. The first-order valence-electron chi connectivity index (χ1n) is 7.86. The van der Waals surface area contributed by atoms with Gasteiger partial charge in [0, 0.05) is 25.8 Å². The van der Waals surface area contributed by atoms with Crippen molar-refractivity contribution < 1.29 is 25.8 Å². The first kappa shape index (κ1) is 42.7. The Morgan fingerprint density at radius 1 is 0.733 bits per heavy atom. The van der Waals surface area contributed by atoms with Gasteiger partial charge in [0.2, 0.25) is 0 Å². The summed E-state index contributed by atoms with van der Waals surface area (Å²) in [5, 5.41) is 2.71. The topological polar surface area (TPSA) is 0 Å². The molecule has 0 amide bonds. The van der Waals surface area contributed by atoms with Crippen LogP contribution in [0.3, 0.4) is 0 Å². The Morgan fingerprint density at radius 3 is 1.73 bits per heavy atom. The third kappa shape index (κ3) is 9.65. The van der Waals surface area contributed by atoms with Crippen LogP contribution in [-0.2, 0) is 32.3 Å². The van der Waals surface area contributed by atoms with Crippen LogP contribution in [0, 0.1) is 63.5 Å². The second kappa shape index (κ2) is 18.4. The molecule has 172 valence electrons. The molecule has 0 fully saturated rings. The zero-order valence-electron chi connectivity index (χ0n) is 21.1. The fourth-order valence-electron chi connectivity index (χ4n) is 2.99. The summed E-state index contributed by atoms with van der Waals surface area (Å²) in [7, 11) is 0. The maximum atomic E-state index is 3.57. The third-order valence-electron chi connectivity index (χ3n) is 4.03. The molecule has 1 aliphatic rings. The minimum absolute atomic E-state index is 0. The molecule has 0 unspecified atom stereocenters. The largest absolute Gasteiger partial charge is 0.358 e. The molecule has 0 atom stereocenters. The monoisotopic (exact) mass is 571 g/mol. The van der Waals surface area contributed by atoms with Crippen LogP contribution in [-0.4, -0.2) is 0 Å². The second-order valence-corrected chi connectivity index (χ2v) is 6.76. The molecule has 4 rings (SSSR count). The van der Waals surface area contributed by atoms with Gasteiger partial charge in [0.05, 0.1) is 0 Å². The fourth-order valence-corrected chi connectivity index (χ4v) is 2.99. The van der Waals surface area contributed by atoms with Crippen LogP contribution >= 0.6 is 0 Å². The van der Waals surface area contributed by atoms with Crippen molar-refractivity contribution >= 4 is 16.3 Å². The van der Waals surface area contributed by atoms with Gasteiger partial charge in [-0.05, 0) is 10.8 Å². The molecule has 1 heteroatoms. The molecule has 0 spiro atoms. The van der Waals surface area contributed by atoms with Gasteiger partial charge in [0.25, 0.3) is 0 Å². The van der Waals surface area contributed by atoms with E-state index in [-0.39, 0.29) is 83.2 Å². The van der Waals surface area contributed by atoms with Gasteiger partial charge in [0.1, 0.15) is 0 Å². The van der Waals surface area contributed by atoms with Crippen molar-refractivity contribution in [1.82, 2.24) is 0 Å². The van der Waals surface area contributed by atoms with Crippen molar-refractivity contribution in [3.05, 3.63) is 136 Å². The summed E-state index contributed by atoms with van der Waals surface area (Å²) >= 11 is 0. The number of allylic oxidation sites excluding steroid dienone is 2. The summed E-state index contributed by atoms with van der Waals surface area (Å²) in [6, 6.07) is 23.1. The molecule has 0 saturated heterocycles. The molecule has 0 radical (unpaired) electrons. The molecule has 0 aromatic heterocycles. The van der Waals surface area contributed by atoms with Gasteiger partial charge in [-0.1, -0.05) is 62.6 Å². The van der Waals surface area contributed by atoms with E-state index in [0.29, 0.717) is 0 Å². The van der Waals surface area contributed by atoms with Gasteiger partial charge in [0.15, 0.2) is 0 Å². The zero-order chi connectivity index (χ0) is 15.6. The average molecular weight is 570 g/mol. The smallest absolute Gasteiger partial charge is 0 e. The standard InChI is InChI=1S/C17H17.C5H5.7CH3.Hf/c1-17(2,3)15-11-10-13-9-8-12-6-4-5-7-14(12)16(13)15;1-2-4-5-3-1;;;;;;;;/h4-9H,10H2,1-3H3;1-5H;7*1H3;/q9*-1;. The van der Waals surface area contributed by atoms with Crippen LogP contribution in [0.4, 0.5) is 0 Å². The first-order chi connectivity index (χ1) is 10.6. The number of fused-ring (bicyclic) bond motifs is 3. The maximum absolute atomic E-state index is 3.57. The van der Waals surface area contributed by atoms with Crippen molar-refractivity contribution in [2.45, 2.75) is 27.2 Å². The second-order valence-electron chi connectivity index (χ2n) is 6.76. The van der Waals surface area contributed by atoms with E-state index in [1.165, 1.54) is 27.5 Å². The number of rotatable bonds is 0. The van der Waals surface area contributed by atoms with Crippen LogP contribution in [0.1, 0.15) is 31.9 Å². The summed E-state index contributed by atoms with van der Waals surface area (Å²) < 4.78 is 0. The predicted octanol–water partition coefficient (Wildman–Crippen LogP) is 9.18. The van der Waals surface area contributed by atoms with Gasteiger partial charge in [-0.3, -0.25) is 6.08 Å². The van der Waals surface area contributed by atoms with Crippen molar-refractivity contribution in [3.8, 4) is 0 Å².